The molecule has 2 fully saturated rings. The van der Waals surface area contributed by atoms with E-state index < -0.39 is 99.3 Å². The van der Waals surface area contributed by atoms with Gasteiger partial charge >= 0.3 is 11.9 Å². The zero-order valence-corrected chi connectivity index (χ0v) is 50.6. The second kappa shape index (κ2) is 51.4. The average Bonchev–Trinajstić information content (AvgIpc) is 3.52. The van der Waals surface area contributed by atoms with E-state index in [1.807, 2.05) is 0 Å². The Kier molecular flexibility index (Phi) is 47.6. The minimum Gasteiger partial charge on any atom is -0.462 e. The standard InChI is InChI=1S/C65H120O15/c1-3-5-7-9-11-13-15-17-19-21-23-25-26-28-30-32-34-36-38-40-42-44-46-48-57(68)78-53(51-76-64-63(74)61(72)59(70)55(80-64)52-77-65-62(73)60(71)58(69)54(49-66)79-65)50-75-56(67)47-45-43-41-39-37-35-33-31-29-27-24-22-20-18-16-14-12-10-8-6-4-2/h32,34,40,42,53-55,58-66,69-74H,3-31,33,35-39,41,43-52H2,1-2H3/b34-32+,42-40+/t53-,54+,55+,58-,59-,60?,61?,62?,63?,64+,65+/m1/s1. The molecule has 470 valence electrons. The summed E-state index contributed by atoms with van der Waals surface area (Å²) < 4.78 is 33.8. The third-order valence-corrected chi connectivity index (χ3v) is 15.9. The van der Waals surface area contributed by atoms with Gasteiger partial charge in [0.05, 0.1) is 19.8 Å². The molecular weight excluding hydrogens is 1020 g/mol. The van der Waals surface area contributed by atoms with Gasteiger partial charge in [0.25, 0.3) is 0 Å². The fourth-order valence-corrected chi connectivity index (χ4v) is 10.6. The Balaban J connectivity index is 1.71. The van der Waals surface area contributed by atoms with Crippen molar-refractivity contribution < 1.29 is 73.8 Å². The van der Waals surface area contributed by atoms with Gasteiger partial charge in [-0.2, -0.15) is 0 Å². The fourth-order valence-electron chi connectivity index (χ4n) is 10.6. The highest BCUT2D eigenvalue weighted by molar-refractivity contribution is 5.70. The molecule has 15 nitrogen and oxygen atoms in total. The summed E-state index contributed by atoms with van der Waals surface area (Å²) in [6.07, 6.45) is 42.2. The van der Waals surface area contributed by atoms with Gasteiger partial charge in [0.2, 0.25) is 0 Å². The average molecular weight is 1140 g/mol. The van der Waals surface area contributed by atoms with Gasteiger partial charge in [-0.1, -0.05) is 250 Å². The van der Waals surface area contributed by atoms with Crippen molar-refractivity contribution in [2.75, 3.05) is 26.4 Å². The normalized spacial score (nSPS) is 23.8. The number of hydrogen-bond acceptors (Lipinski definition) is 15. The van der Waals surface area contributed by atoms with Crippen LogP contribution in [0.2, 0.25) is 0 Å². The molecule has 15 heteroatoms. The van der Waals surface area contributed by atoms with E-state index >= 15 is 0 Å². The number of aliphatic hydroxyl groups is 7. The second-order valence-corrected chi connectivity index (χ2v) is 23.3. The van der Waals surface area contributed by atoms with E-state index in [2.05, 4.69) is 38.2 Å². The number of aliphatic hydroxyl groups excluding tert-OH is 7. The quantitative estimate of drug-likeness (QED) is 0.0171. The van der Waals surface area contributed by atoms with Gasteiger partial charge in [0.1, 0.15) is 55.4 Å². The Labute approximate surface area is 485 Å². The van der Waals surface area contributed by atoms with Crippen LogP contribution in [0, 0.1) is 0 Å². The summed E-state index contributed by atoms with van der Waals surface area (Å²) >= 11 is 0. The molecule has 0 bridgehead atoms. The van der Waals surface area contributed by atoms with Gasteiger partial charge in [-0.05, 0) is 44.9 Å². The number of carbonyl (C=O) groups is 2. The molecule has 2 heterocycles. The fraction of sp³-hybridized carbons (Fsp3) is 0.908. The lowest BCUT2D eigenvalue weighted by Gasteiger charge is -2.42. The van der Waals surface area contributed by atoms with Crippen molar-refractivity contribution in [3.63, 3.8) is 0 Å². The molecule has 2 aliphatic rings. The SMILES string of the molecule is CCCCCCCCCCCCCCCC/C=C/CC/C=C/CCCC(=O)O[C@H](COC(=O)CCCCCCCCCCCCCCCCCCCCCCC)CO[C@H]1O[C@@H](CO[C@H]2O[C@@H](CO)[C@@H](O)C(O)C2O)[C@@H](O)C(O)C1O. The van der Waals surface area contributed by atoms with Crippen molar-refractivity contribution in [1.29, 1.82) is 0 Å². The van der Waals surface area contributed by atoms with Gasteiger partial charge in [-0.3, -0.25) is 9.59 Å². The maximum Gasteiger partial charge on any atom is 0.306 e. The van der Waals surface area contributed by atoms with Crippen LogP contribution in [0.15, 0.2) is 24.3 Å². The van der Waals surface area contributed by atoms with Crippen molar-refractivity contribution in [1.82, 2.24) is 0 Å². The molecule has 0 spiro atoms. The van der Waals surface area contributed by atoms with Crippen LogP contribution in [-0.4, -0.2) is 142 Å². The van der Waals surface area contributed by atoms with Gasteiger partial charge in [-0.15, -0.1) is 0 Å². The minimum absolute atomic E-state index is 0.109. The molecule has 4 unspecified atom stereocenters. The van der Waals surface area contributed by atoms with E-state index in [1.165, 1.54) is 199 Å². The van der Waals surface area contributed by atoms with Crippen LogP contribution in [0.25, 0.3) is 0 Å². The maximum atomic E-state index is 13.1. The van der Waals surface area contributed by atoms with Crippen molar-refractivity contribution in [2.24, 2.45) is 0 Å². The van der Waals surface area contributed by atoms with E-state index in [-0.39, 0.29) is 19.4 Å². The summed E-state index contributed by atoms with van der Waals surface area (Å²) in [5.41, 5.74) is 0. The summed E-state index contributed by atoms with van der Waals surface area (Å²) in [5.74, 6) is -0.957. The highest BCUT2D eigenvalue weighted by Gasteiger charge is 2.47. The molecule has 0 aromatic rings. The third kappa shape index (κ3) is 37.3. The van der Waals surface area contributed by atoms with Crippen molar-refractivity contribution >= 4 is 11.9 Å². The van der Waals surface area contributed by atoms with Gasteiger partial charge in [-0.25, -0.2) is 0 Å². The Morgan fingerprint density at radius 1 is 0.388 bits per heavy atom. The lowest BCUT2D eigenvalue weighted by atomic mass is 9.98. The molecule has 0 amide bonds. The molecule has 2 saturated heterocycles. The molecule has 80 heavy (non-hydrogen) atoms. The largest absolute Gasteiger partial charge is 0.462 e. The Hall–Kier alpha value is -2.02. The summed E-state index contributed by atoms with van der Waals surface area (Å²) in [5, 5.41) is 72.4. The number of rotatable bonds is 54. The van der Waals surface area contributed by atoms with E-state index in [0.29, 0.717) is 19.3 Å². The maximum absolute atomic E-state index is 13.1. The lowest BCUT2D eigenvalue weighted by molar-refractivity contribution is -0.332. The predicted molar refractivity (Wildman–Crippen MR) is 317 cm³/mol. The molecule has 0 aromatic heterocycles. The van der Waals surface area contributed by atoms with Crippen molar-refractivity contribution in [3.8, 4) is 0 Å². The Morgan fingerprint density at radius 2 is 0.738 bits per heavy atom. The predicted octanol–water partition coefficient (Wildman–Crippen LogP) is 12.6. The molecule has 0 aliphatic carbocycles. The molecule has 2 aliphatic heterocycles. The van der Waals surface area contributed by atoms with Crippen LogP contribution in [0.4, 0.5) is 0 Å². The van der Waals surface area contributed by atoms with Crippen LogP contribution in [0.5, 0.6) is 0 Å². The molecular formula is C65H120O15. The van der Waals surface area contributed by atoms with Crippen LogP contribution in [0.1, 0.15) is 284 Å². The number of carbonyl (C=O) groups excluding carboxylic acids is 2. The summed E-state index contributed by atoms with van der Waals surface area (Å²) in [6.45, 7) is 2.63. The summed E-state index contributed by atoms with van der Waals surface area (Å²) in [4.78, 5) is 26.0. The molecule has 11 atom stereocenters. The van der Waals surface area contributed by atoms with E-state index in [4.69, 9.17) is 28.4 Å². The van der Waals surface area contributed by atoms with Crippen LogP contribution in [0.3, 0.4) is 0 Å². The second-order valence-electron chi connectivity index (χ2n) is 23.3. The van der Waals surface area contributed by atoms with E-state index in [0.717, 1.165) is 38.5 Å². The topological polar surface area (TPSA) is 231 Å². The first-order valence-electron chi connectivity index (χ1n) is 32.9. The zero-order valence-electron chi connectivity index (χ0n) is 50.6. The number of esters is 2. The molecule has 0 radical (unpaired) electrons. The molecule has 0 saturated carbocycles. The zero-order chi connectivity index (χ0) is 58.1. The summed E-state index contributed by atoms with van der Waals surface area (Å²) in [6, 6.07) is 0. The van der Waals surface area contributed by atoms with Crippen molar-refractivity contribution in [3.05, 3.63) is 24.3 Å². The smallest absolute Gasteiger partial charge is 0.306 e. The van der Waals surface area contributed by atoms with Crippen molar-refractivity contribution in [2.45, 2.75) is 351 Å². The minimum atomic E-state index is -1.77. The third-order valence-electron chi connectivity index (χ3n) is 15.9. The van der Waals surface area contributed by atoms with E-state index in [9.17, 15) is 45.3 Å². The monoisotopic (exact) mass is 1140 g/mol. The van der Waals surface area contributed by atoms with Gasteiger partial charge in [0.15, 0.2) is 18.7 Å². The van der Waals surface area contributed by atoms with Gasteiger partial charge < -0.3 is 64.2 Å². The first kappa shape index (κ1) is 74.1. The first-order valence-corrected chi connectivity index (χ1v) is 32.9. The highest BCUT2D eigenvalue weighted by atomic mass is 16.7. The highest BCUT2D eigenvalue weighted by Crippen LogP contribution is 2.27. The summed E-state index contributed by atoms with van der Waals surface area (Å²) in [7, 11) is 0. The number of ether oxygens (including phenoxy) is 6. The first-order chi connectivity index (χ1) is 39.0. The van der Waals surface area contributed by atoms with Gasteiger partial charge in [0, 0.05) is 12.8 Å². The molecule has 0 aromatic carbocycles. The number of hydrogen-bond donors (Lipinski definition) is 7. The van der Waals surface area contributed by atoms with E-state index in [1.54, 1.807) is 0 Å². The van der Waals surface area contributed by atoms with Crippen LogP contribution in [-0.2, 0) is 38.0 Å². The lowest BCUT2D eigenvalue weighted by Crippen LogP contribution is -2.61. The van der Waals surface area contributed by atoms with Crippen LogP contribution < -0.4 is 0 Å². The molecule has 2 rings (SSSR count). The van der Waals surface area contributed by atoms with Crippen LogP contribution >= 0.6 is 0 Å². The molecule has 7 N–H and O–H groups in total. The number of allylic oxidation sites excluding steroid dienone is 4. The number of unbranched alkanes of at least 4 members (excludes halogenated alkanes) is 36. The Bertz CT molecular complexity index is 1480. The Morgan fingerprint density at radius 3 is 1.18 bits per heavy atom.